The fourth-order valence-corrected chi connectivity index (χ4v) is 2.96. The second-order valence-corrected chi connectivity index (χ2v) is 5.49. The molecule has 4 heteroatoms. The summed E-state index contributed by atoms with van der Waals surface area (Å²) in [6, 6.07) is 0.322. The van der Waals surface area contributed by atoms with Crippen LogP contribution in [0.4, 0.5) is 0 Å². The van der Waals surface area contributed by atoms with E-state index >= 15 is 0 Å². The molecule has 17 heavy (non-hydrogen) atoms. The smallest absolute Gasteiger partial charge is 0.242 e. The Morgan fingerprint density at radius 1 is 1.47 bits per heavy atom. The van der Waals surface area contributed by atoms with Gasteiger partial charge in [-0.15, -0.1) is 0 Å². The van der Waals surface area contributed by atoms with E-state index in [9.17, 15) is 4.79 Å². The van der Waals surface area contributed by atoms with Gasteiger partial charge in [0.15, 0.2) is 0 Å². The highest BCUT2D eigenvalue weighted by molar-refractivity contribution is 5.86. The lowest BCUT2D eigenvalue weighted by atomic mass is 9.82. The maximum atomic E-state index is 12.2. The molecule has 0 aromatic heterocycles. The van der Waals surface area contributed by atoms with Crippen LogP contribution in [0.15, 0.2) is 0 Å². The van der Waals surface area contributed by atoms with Gasteiger partial charge in [0.2, 0.25) is 5.91 Å². The van der Waals surface area contributed by atoms with Crippen LogP contribution in [0.5, 0.6) is 0 Å². The summed E-state index contributed by atoms with van der Waals surface area (Å²) in [7, 11) is 0. The van der Waals surface area contributed by atoms with Crippen LogP contribution in [0.1, 0.15) is 45.4 Å². The van der Waals surface area contributed by atoms with Crippen molar-refractivity contribution in [2.24, 2.45) is 11.7 Å². The van der Waals surface area contributed by atoms with Crippen LogP contribution >= 0.6 is 0 Å². The maximum absolute atomic E-state index is 12.2. The Bertz CT molecular complexity index is 275. The Hall–Kier alpha value is -0.610. The first kappa shape index (κ1) is 12.8. The Morgan fingerprint density at radius 2 is 2.24 bits per heavy atom. The number of carbonyl (C=O) groups is 1. The molecular weight excluding hydrogens is 216 g/mol. The third-order valence-electron chi connectivity index (χ3n) is 4.25. The molecule has 1 aliphatic heterocycles. The first-order chi connectivity index (χ1) is 8.15. The van der Waals surface area contributed by atoms with E-state index in [1.807, 2.05) is 0 Å². The summed E-state index contributed by atoms with van der Waals surface area (Å²) in [6.45, 7) is 3.17. The molecule has 1 aliphatic carbocycles. The maximum Gasteiger partial charge on any atom is 0.242 e. The molecule has 0 spiro atoms. The number of carbonyl (C=O) groups excluding carboxylic acids is 1. The van der Waals surface area contributed by atoms with E-state index in [1.165, 1.54) is 19.3 Å². The molecule has 98 valence electrons. The van der Waals surface area contributed by atoms with Crippen LogP contribution in [0.2, 0.25) is 0 Å². The highest BCUT2D eigenvalue weighted by Gasteiger charge is 2.40. The molecule has 3 atom stereocenters. The van der Waals surface area contributed by atoms with Crippen molar-refractivity contribution in [3.05, 3.63) is 0 Å². The van der Waals surface area contributed by atoms with Crippen molar-refractivity contribution in [1.29, 1.82) is 0 Å². The van der Waals surface area contributed by atoms with Gasteiger partial charge in [0.1, 0.15) is 5.54 Å². The molecule has 0 radical (unpaired) electrons. The summed E-state index contributed by atoms with van der Waals surface area (Å²) in [4.78, 5) is 12.2. The zero-order chi connectivity index (χ0) is 12.3. The second kappa shape index (κ2) is 5.36. The lowest BCUT2D eigenvalue weighted by Gasteiger charge is -2.34. The second-order valence-electron chi connectivity index (χ2n) is 5.49. The minimum Gasteiger partial charge on any atom is -0.379 e. The van der Waals surface area contributed by atoms with E-state index in [4.69, 9.17) is 10.5 Å². The van der Waals surface area contributed by atoms with Crippen LogP contribution in [0.3, 0.4) is 0 Å². The van der Waals surface area contributed by atoms with Crippen LogP contribution < -0.4 is 11.1 Å². The predicted octanol–water partition coefficient (Wildman–Crippen LogP) is 1.19. The SMILES string of the molecule is CCC1CCCCC1NC(=O)C1(N)CCOC1. The minimum atomic E-state index is -0.782. The van der Waals surface area contributed by atoms with Gasteiger partial charge < -0.3 is 15.8 Å². The van der Waals surface area contributed by atoms with E-state index in [0.29, 0.717) is 31.6 Å². The molecule has 3 unspecified atom stereocenters. The molecule has 1 saturated heterocycles. The van der Waals surface area contributed by atoms with Gasteiger partial charge in [-0.2, -0.15) is 0 Å². The molecule has 2 fully saturated rings. The molecule has 4 nitrogen and oxygen atoms in total. The molecule has 0 bridgehead atoms. The summed E-state index contributed by atoms with van der Waals surface area (Å²) in [5, 5.41) is 3.16. The van der Waals surface area contributed by atoms with Gasteiger partial charge in [0, 0.05) is 12.6 Å². The Balaban J connectivity index is 1.92. The summed E-state index contributed by atoms with van der Waals surface area (Å²) < 4.78 is 5.24. The minimum absolute atomic E-state index is 0.0136. The average Bonchev–Trinajstić information content (AvgIpc) is 2.78. The van der Waals surface area contributed by atoms with Crippen molar-refractivity contribution in [2.75, 3.05) is 13.2 Å². The molecule has 3 N–H and O–H groups in total. The first-order valence-electron chi connectivity index (χ1n) is 6.83. The fraction of sp³-hybridized carbons (Fsp3) is 0.923. The summed E-state index contributed by atoms with van der Waals surface area (Å²) in [6.07, 6.45) is 6.62. The van der Waals surface area contributed by atoms with Gasteiger partial charge in [0.05, 0.1) is 6.61 Å². The quantitative estimate of drug-likeness (QED) is 0.779. The van der Waals surface area contributed by atoms with Gasteiger partial charge in [-0.25, -0.2) is 0 Å². The normalized spacial score (nSPS) is 38.0. The third-order valence-corrected chi connectivity index (χ3v) is 4.25. The Kier molecular flexibility index (Phi) is 4.05. The number of hydrogen-bond donors (Lipinski definition) is 2. The number of rotatable bonds is 3. The topological polar surface area (TPSA) is 64.4 Å². The van der Waals surface area contributed by atoms with E-state index in [1.54, 1.807) is 0 Å². The van der Waals surface area contributed by atoms with Gasteiger partial charge in [0.25, 0.3) is 0 Å². The van der Waals surface area contributed by atoms with Gasteiger partial charge in [-0.3, -0.25) is 4.79 Å². The van der Waals surface area contributed by atoms with Crippen molar-refractivity contribution in [3.8, 4) is 0 Å². The molecule has 1 amide bonds. The molecule has 1 saturated carbocycles. The lowest BCUT2D eigenvalue weighted by Crippen LogP contribution is -2.58. The summed E-state index contributed by atoms with van der Waals surface area (Å²) in [5.41, 5.74) is 5.29. The number of ether oxygens (including phenoxy) is 1. The monoisotopic (exact) mass is 240 g/mol. The largest absolute Gasteiger partial charge is 0.379 e. The van der Waals surface area contributed by atoms with Crippen molar-refractivity contribution in [2.45, 2.75) is 57.0 Å². The van der Waals surface area contributed by atoms with Gasteiger partial charge >= 0.3 is 0 Å². The molecule has 0 aromatic rings. The zero-order valence-corrected chi connectivity index (χ0v) is 10.7. The van der Waals surface area contributed by atoms with E-state index in [0.717, 1.165) is 12.8 Å². The standard InChI is InChI=1S/C13H24N2O2/c1-2-10-5-3-4-6-11(10)15-12(16)13(14)7-8-17-9-13/h10-11H,2-9,14H2,1H3,(H,15,16). The predicted molar refractivity (Wildman–Crippen MR) is 66.5 cm³/mol. The van der Waals surface area contributed by atoms with Crippen LogP contribution in [-0.2, 0) is 9.53 Å². The third kappa shape index (κ3) is 2.80. The van der Waals surface area contributed by atoms with E-state index in [-0.39, 0.29) is 5.91 Å². The Morgan fingerprint density at radius 3 is 2.88 bits per heavy atom. The lowest BCUT2D eigenvalue weighted by molar-refractivity contribution is -0.127. The van der Waals surface area contributed by atoms with Crippen LogP contribution in [0.25, 0.3) is 0 Å². The Labute approximate surface area is 103 Å². The van der Waals surface area contributed by atoms with Crippen molar-refractivity contribution >= 4 is 5.91 Å². The summed E-state index contributed by atoms with van der Waals surface area (Å²) >= 11 is 0. The molecule has 2 aliphatic rings. The number of amides is 1. The van der Waals surface area contributed by atoms with E-state index in [2.05, 4.69) is 12.2 Å². The highest BCUT2D eigenvalue weighted by atomic mass is 16.5. The molecule has 0 aromatic carbocycles. The number of hydrogen-bond acceptors (Lipinski definition) is 3. The van der Waals surface area contributed by atoms with Gasteiger partial charge in [-0.05, 0) is 25.2 Å². The zero-order valence-electron chi connectivity index (χ0n) is 10.7. The van der Waals surface area contributed by atoms with Crippen molar-refractivity contribution in [3.63, 3.8) is 0 Å². The molecule has 1 heterocycles. The summed E-state index contributed by atoms with van der Waals surface area (Å²) in [5.74, 6) is 0.610. The van der Waals surface area contributed by atoms with Crippen LogP contribution in [-0.4, -0.2) is 30.7 Å². The molecular formula is C13H24N2O2. The first-order valence-corrected chi connectivity index (χ1v) is 6.83. The number of nitrogens with one attached hydrogen (secondary N) is 1. The van der Waals surface area contributed by atoms with Crippen LogP contribution in [0, 0.1) is 5.92 Å². The van der Waals surface area contributed by atoms with E-state index < -0.39 is 5.54 Å². The fourth-order valence-electron chi connectivity index (χ4n) is 2.96. The highest BCUT2D eigenvalue weighted by Crippen LogP contribution is 2.27. The van der Waals surface area contributed by atoms with Crippen molar-refractivity contribution < 1.29 is 9.53 Å². The molecule has 2 rings (SSSR count). The average molecular weight is 240 g/mol. The van der Waals surface area contributed by atoms with Crippen molar-refractivity contribution in [1.82, 2.24) is 5.32 Å². The number of nitrogens with two attached hydrogens (primary N) is 1. The van der Waals surface area contributed by atoms with Gasteiger partial charge in [-0.1, -0.05) is 26.2 Å².